The number of aryl methyl sites for hydroxylation is 3. The van der Waals surface area contributed by atoms with Gasteiger partial charge in [-0.2, -0.15) is 8.42 Å². The minimum atomic E-state index is -3.75. The molecule has 0 radical (unpaired) electrons. The van der Waals surface area contributed by atoms with Crippen LogP contribution < -0.4 is 4.72 Å². The van der Waals surface area contributed by atoms with E-state index in [1.807, 2.05) is 18.2 Å². The minimum absolute atomic E-state index is 0.00428. The Bertz CT molecular complexity index is 1390. The Morgan fingerprint density at radius 2 is 1.56 bits per heavy atom. The lowest BCUT2D eigenvalue weighted by Crippen LogP contribution is -2.13. The van der Waals surface area contributed by atoms with Gasteiger partial charge >= 0.3 is 0 Å². The van der Waals surface area contributed by atoms with Gasteiger partial charge in [0.1, 0.15) is 0 Å². The van der Waals surface area contributed by atoms with Gasteiger partial charge in [-0.25, -0.2) is 4.98 Å². The van der Waals surface area contributed by atoms with Crippen LogP contribution in [0.25, 0.3) is 11.6 Å². The number of imidazole rings is 1. The quantitative estimate of drug-likeness (QED) is 0.490. The van der Waals surface area contributed by atoms with E-state index in [1.54, 1.807) is 17.7 Å². The maximum absolute atomic E-state index is 12.7. The van der Waals surface area contributed by atoms with Gasteiger partial charge < -0.3 is 4.57 Å². The largest absolute Gasteiger partial charge is 0.339 e. The van der Waals surface area contributed by atoms with Crippen LogP contribution in [0.2, 0.25) is 0 Å². The summed E-state index contributed by atoms with van der Waals surface area (Å²) in [7, 11) is -2.01. The Balaban J connectivity index is 1.56. The van der Waals surface area contributed by atoms with Crippen molar-refractivity contribution < 1.29 is 8.42 Å². The first-order chi connectivity index (χ1) is 15.5. The van der Waals surface area contributed by atoms with Crippen LogP contribution in [-0.2, 0) is 29.9 Å². The van der Waals surface area contributed by atoms with E-state index in [9.17, 15) is 8.42 Å². The van der Waals surface area contributed by atoms with Crippen LogP contribution in [0.1, 0.15) is 27.8 Å². The molecule has 1 aliphatic rings. The summed E-state index contributed by atoms with van der Waals surface area (Å²) in [6, 6.07) is 24.4. The maximum atomic E-state index is 12.7. The van der Waals surface area contributed by atoms with Crippen molar-refractivity contribution in [2.45, 2.75) is 17.9 Å². The molecule has 0 bridgehead atoms. The molecule has 0 saturated carbocycles. The predicted octanol–water partition coefficient (Wildman–Crippen LogP) is 4.91. The van der Waals surface area contributed by atoms with E-state index in [4.69, 9.17) is 0 Å². The second kappa shape index (κ2) is 8.13. The van der Waals surface area contributed by atoms with E-state index in [0.717, 1.165) is 24.0 Å². The summed E-state index contributed by atoms with van der Waals surface area (Å²) in [5.41, 5.74) is 7.66. The number of hydrogen-bond donors (Lipinski definition) is 1. The molecule has 32 heavy (non-hydrogen) atoms. The van der Waals surface area contributed by atoms with E-state index in [-0.39, 0.29) is 5.03 Å². The van der Waals surface area contributed by atoms with E-state index >= 15 is 0 Å². The standard InChI is InChI=1S/C26H23N3O2S/c1-29-17-26(27-18-29)32(30,31)28-22-10-6-7-19(15-22)16-25-23-11-4-2-8-20(23)13-14-21-9-3-5-12-24(21)25/h2-12,15-18,28H,13-14H2,1H3. The van der Waals surface area contributed by atoms with E-state index in [2.05, 4.69) is 64.3 Å². The molecule has 1 aromatic heterocycles. The topological polar surface area (TPSA) is 64.0 Å². The SMILES string of the molecule is Cn1cnc(S(=O)(=O)Nc2cccc(C=C3c4ccccc4CCc4ccccc43)c2)c1. The van der Waals surface area contributed by atoms with Gasteiger partial charge in [0.05, 0.1) is 6.33 Å². The number of anilines is 1. The number of hydrogen-bond acceptors (Lipinski definition) is 3. The Morgan fingerprint density at radius 1 is 0.906 bits per heavy atom. The molecule has 0 aliphatic heterocycles. The first kappa shape index (κ1) is 20.3. The smallest absolute Gasteiger partial charge is 0.280 e. The van der Waals surface area contributed by atoms with Crippen LogP contribution >= 0.6 is 0 Å². The molecule has 160 valence electrons. The van der Waals surface area contributed by atoms with Crippen molar-refractivity contribution >= 4 is 27.4 Å². The molecule has 1 heterocycles. The van der Waals surface area contributed by atoms with Crippen LogP contribution in [0.5, 0.6) is 0 Å². The minimum Gasteiger partial charge on any atom is -0.339 e. The molecule has 1 N–H and O–H groups in total. The average Bonchev–Trinajstić information content (AvgIpc) is 3.18. The summed E-state index contributed by atoms with van der Waals surface area (Å²) in [6.07, 6.45) is 7.08. The van der Waals surface area contributed by atoms with Crippen LogP contribution in [0, 0.1) is 0 Å². The normalized spacial score (nSPS) is 13.1. The van der Waals surface area contributed by atoms with Crippen LogP contribution in [-0.4, -0.2) is 18.0 Å². The van der Waals surface area contributed by atoms with Gasteiger partial charge in [-0.15, -0.1) is 0 Å². The number of nitrogens with zero attached hydrogens (tertiary/aromatic N) is 2. The molecule has 4 aromatic rings. The number of rotatable bonds is 4. The first-order valence-electron chi connectivity index (χ1n) is 10.5. The summed E-state index contributed by atoms with van der Waals surface area (Å²) in [4.78, 5) is 3.96. The average molecular weight is 442 g/mol. The fraction of sp³-hybridized carbons (Fsp3) is 0.115. The Labute approximate surface area is 188 Å². The van der Waals surface area contributed by atoms with Gasteiger partial charge in [-0.3, -0.25) is 4.72 Å². The lowest BCUT2D eigenvalue weighted by atomic mass is 9.92. The second-order valence-corrected chi connectivity index (χ2v) is 9.61. The number of fused-ring (bicyclic) bond motifs is 2. The zero-order valence-electron chi connectivity index (χ0n) is 17.7. The van der Waals surface area contributed by atoms with E-state index in [0.29, 0.717) is 5.69 Å². The number of sulfonamides is 1. The predicted molar refractivity (Wildman–Crippen MR) is 128 cm³/mol. The Kier molecular flexibility index (Phi) is 5.15. The molecule has 6 heteroatoms. The molecule has 0 amide bonds. The van der Waals surface area contributed by atoms with Crippen molar-refractivity contribution in [3.63, 3.8) is 0 Å². The zero-order chi connectivity index (χ0) is 22.1. The molecule has 1 aliphatic carbocycles. The van der Waals surface area contributed by atoms with Crippen molar-refractivity contribution in [1.29, 1.82) is 0 Å². The lowest BCUT2D eigenvalue weighted by molar-refractivity contribution is 0.598. The Morgan fingerprint density at radius 3 is 2.19 bits per heavy atom. The first-order valence-corrected chi connectivity index (χ1v) is 12.0. The van der Waals surface area contributed by atoms with Gasteiger partial charge in [-0.1, -0.05) is 60.7 Å². The van der Waals surface area contributed by atoms with Gasteiger partial charge in [0, 0.05) is 18.9 Å². The van der Waals surface area contributed by atoms with Crippen LogP contribution in [0.15, 0.2) is 90.3 Å². The van der Waals surface area contributed by atoms with Gasteiger partial charge in [-0.05, 0) is 64.4 Å². The van der Waals surface area contributed by atoms with Crippen LogP contribution in [0.4, 0.5) is 5.69 Å². The summed E-state index contributed by atoms with van der Waals surface area (Å²) >= 11 is 0. The van der Waals surface area contributed by atoms with E-state index in [1.165, 1.54) is 34.8 Å². The van der Waals surface area contributed by atoms with E-state index < -0.39 is 10.0 Å². The molecule has 0 unspecified atom stereocenters. The molecule has 0 atom stereocenters. The van der Waals surface area contributed by atoms with Crippen molar-refractivity contribution in [3.05, 3.63) is 113 Å². The van der Waals surface area contributed by atoms with Crippen molar-refractivity contribution in [3.8, 4) is 0 Å². The highest BCUT2D eigenvalue weighted by atomic mass is 32.2. The molecule has 0 saturated heterocycles. The van der Waals surface area contributed by atoms with Gasteiger partial charge in [0.2, 0.25) is 0 Å². The van der Waals surface area contributed by atoms with Crippen molar-refractivity contribution in [1.82, 2.24) is 9.55 Å². The fourth-order valence-corrected chi connectivity index (χ4v) is 5.20. The highest BCUT2D eigenvalue weighted by Gasteiger charge is 2.19. The molecule has 5 nitrogen and oxygen atoms in total. The molecular formula is C26H23N3O2S. The third kappa shape index (κ3) is 3.97. The summed E-state index contributed by atoms with van der Waals surface area (Å²) in [6.45, 7) is 0. The monoisotopic (exact) mass is 441 g/mol. The van der Waals surface area contributed by atoms with Gasteiger partial charge in [0.15, 0.2) is 5.03 Å². The summed E-state index contributed by atoms with van der Waals surface area (Å²) in [5, 5.41) is -0.00428. The number of aromatic nitrogens is 2. The number of nitrogens with one attached hydrogen (secondary N) is 1. The zero-order valence-corrected chi connectivity index (χ0v) is 18.5. The summed E-state index contributed by atoms with van der Waals surface area (Å²) < 4.78 is 29.6. The van der Waals surface area contributed by atoms with Crippen LogP contribution in [0.3, 0.4) is 0 Å². The molecule has 3 aromatic carbocycles. The molecule has 0 spiro atoms. The molecular weight excluding hydrogens is 418 g/mol. The molecule has 0 fully saturated rings. The maximum Gasteiger partial charge on any atom is 0.280 e. The third-order valence-corrected chi connectivity index (χ3v) is 6.95. The molecule has 5 rings (SSSR count). The van der Waals surface area contributed by atoms with Gasteiger partial charge in [0.25, 0.3) is 10.0 Å². The lowest BCUT2D eigenvalue weighted by Gasteiger charge is -2.13. The fourth-order valence-electron chi connectivity index (χ4n) is 4.17. The van der Waals surface area contributed by atoms with Crippen molar-refractivity contribution in [2.24, 2.45) is 7.05 Å². The summed E-state index contributed by atoms with van der Waals surface area (Å²) in [5.74, 6) is 0. The third-order valence-electron chi connectivity index (χ3n) is 5.69. The Hall–Kier alpha value is -3.64. The highest BCUT2D eigenvalue weighted by molar-refractivity contribution is 7.92. The highest BCUT2D eigenvalue weighted by Crippen LogP contribution is 2.35. The van der Waals surface area contributed by atoms with Crippen molar-refractivity contribution in [2.75, 3.05) is 4.72 Å². The second-order valence-electron chi connectivity index (χ2n) is 7.98. The number of benzene rings is 3.